The number of nitrogens with one attached hydrogen (secondary N) is 1. The van der Waals surface area contributed by atoms with Gasteiger partial charge in [0.1, 0.15) is 11.5 Å². The molecule has 2 aromatic rings. The van der Waals surface area contributed by atoms with Gasteiger partial charge in [0, 0.05) is 18.7 Å². The highest BCUT2D eigenvalue weighted by atomic mass is 16.5. The van der Waals surface area contributed by atoms with Crippen LogP contribution in [-0.2, 0) is 9.59 Å². The Balaban J connectivity index is 1.95. The molecule has 1 heterocycles. The third-order valence-corrected chi connectivity index (χ3v) is 5.30. The average molecular weight is 396 g/mol. The van der Waals surface area contributed by atoms with Crippen molar-refractivity contribution in [3.63, 3.8) is 0 Å². The van der Waals surface area contributed by atoms with Crippen molar-refractivity contribution in [2.45, 2.75) is 32.2 Å². The minimum Gasteiger partial charge on any atom is -0.497 e. The van der Waals surface area contributed by atoms with Crippen LogP contribution in [0.25, 0.3) is 0 Å². The van der Waals surface area contributed by atoms with E-state index in [1.165, 1.54) is 0 Å². The number of hydrogen-bond acceptors (Lipinski definition) is 4. The molecule has 6 heteroatoms. The van der Waals surface area contributed by atoms with Crippen molar-refractivity contribution in [1.82, 2.24) is 5.32 Å². The van der Waals surface area contributed by atoms with Gasteiger partial charge in [-0.05, 0) is 48.4 Å². The lowest BCUT2D eigenvalue weighted by Gasteiger charge is -2.28. The van der Waals surface area contributed by atoms with E-state index in [2.05, 4.69) is 12.2 Å². The van der Waals surface area contributed by atoms with Crippen molar-refractivity contribution in [2.75, 3.05) is 25.7 Å². The molecule has 154 valence electrons. The second kappa shape index (κ2) is 9.45. The first-order valence-electron chi connectivity index (χ1n) is 9.96. The first-order valence-corrected chi connectivity index (χ1v) is 9.96. The number of amides is 2. The number of methoxy groups -OCH3 is 2. The van der Waals surface area contributed by atoms with E-state index in [-0.39, 0.29) is 24.3 Å². The molecule has 2 aromatic carbocycles. The summed E-state index contributed by atoms with van der Waals surface area (Å²) in [6.45, 7) is 2.70. The Bertz CT molecular complexity index is 833. The molecule has 6 nitrogen and oxygen atoms in total. The van der Waals surface area contributed by atoms with Crippen LogP contribution in [-0.4, -0.2) is 32.6 Å². The second-order valence-electron chi connectivity index (χ2n) is 7.13. The Morgan fingerprint density at radius 2 is 1.62 bits per heavy atom. The van der Waals surface area contributed by atoms with E-state index in [0.717, 1.165) is 35.6 Å². The number of rotatable bonds is 8. The van der Waals surface area contributed by atoms with Crippen LogP contribution in [0, 0.1) is 5.92 Å². The van der Waals surface area contributed by atoms with Crippen LogP contribution >= 0.6 is 0 Å². The van der Waals surface area contributed by atoms with E-state index in [0.29, 0.717) is 6.54 Å². The predicted octanol–water partition coefficient (Wildman–Crippen LogP) is 3.71. The molecule has 2 amide bonds. The highest BCUT2D eigenvalue weighted by Crippen LogP contribution is 2.42. The van der Waals surface area contributed by atoms with Crippen LogP contribution in [0.5, 0.6) is 11.5 Å². The smallest absolute Gasteiger partial charge is 0.228 e. The minimum atomic E-state index is -0.449. The maximum absolute atomic E-state index is 13.0. The van der Waals surface area contributed by atoms with E-state index in [9.17, 15) is 9.59 Å². The molecule has 1 aliphatic rings. The monoisotopic (exact) mass is 396 g/mol. The summed E-state index contributed by atoms with van der Waals surface area (Å²) in [4.78, 5) is 27.6. The molecular formula is C23H28N2O4. The fraction of sp³-hybridized carbons (Fsp3) is 0.391. The Labute approximate surface area is 171 Å². The standard InChI is InChI=1S/C23H28N2O4/c1-4-5-14-24-23(27)20-15-21(26)25(17-8-12-19(29-3)13-9-17)22(20)16-6-10-18(28-2)11-7-16/h6-13,20,22H,4-5,14-15H2,1-3H3,(H,24,27)/t20-,22+/m0/s1. The van der Waals surface area contributed by atoms with Gasteiger partial charge in [-0.1, -0.05) is 25.5 Å². The first kappa shape index (κ1) is 20.7. The van der Waals surface area contributed by atoms with Crippen molar-refractivity contribution in [2.24, 2.45) is 5.92 Å². The molecular weight excluding hydrogens is 368 g/mol. The van der Waals surface area contributed by atoms with Gasteiger partial charge in [0.25, 0.3) is 0 Å². The molecule has 1 fully saturated rings. The first-order chi connectivity index (χ1) is 14.1. The number of carbonyl (C=O) groups excluding carboxylic acids is 2. The quantitative estimate of drug-likeness (QED) is 0.691. The second-order valence-corrected chi connectivity index (χ2v) is 7.13. The SMILES string of the molecule is CCCCNC(=O)[C@H]1CC(=O)N(c2ccc(OC)cc2)[C@@H]1c1ccc(OC)cc1. The summed E-state index contributed by atoms with van der Waals surface area (Å²) in [6, 6.07) is 14.5. The van der Waals surface area contributed by atoms with Crippen molar-refractivity contribution < 1.29 is 19.1 Å². The molecule has 0 aromatic heterocycles. The van der Waals surface area contributed by atoms with E-state index in [1.54, 1.807) is 19.1 Å². The summed E-state index contributed by atoms with van der Waals surface area (Å²) in [6.07, 6.45) is 2.10. The Kier molecular flexibility index (Phi) is 6.75. The van der Waals surface area contributed by atoms with Gasteiger partial charge in [0.2, 0.25) is 11.8 Å². The Morgan fingerprint density at radius 3 is 2.17 bits per heavy atom. The third-order valence-electron chi connectivity index (χ3n) is 5.30. The number of nitrogens with zero attached hydrogens (tertiary/aromatic N) is 1. The molecule has 0 spiro atoms. The number of hydrogen-bond donors (Lipinski definition) is 1. The van der Waals surface area contributed by atoms with E-state index in [4.69, 9.17) is 9.47 Å². The predicted molar refractivity (Wildman–Crippen MR) is 112 cm³/mol. The highest BCUT2D eigenvalue weighted by molar-refractivity contribution is 6.01. The number of anilines is 1. The molecule has 1 aliphatic heterocycles. The van der Waals surface area contributed by atoms with Crippen molar-refractivity contribution in [3.8, 4) is 11.5 Å². The number of ether oxygens (including phenoxy) is 2. The molecule has 3 rings (SSSR count). The van der Waals surface area contributed by atoms with Gasteiger partial charge < -0.3 is 19.7 Å². The lowest BCUT2D eigenvalue weighted by Crippen LogP contribution is -2.36. The molecule has 29 heavy (non-hydrogen) atoms. The van der Waals surface area contributed by atoms with Gasteiger partial charge in [0.15, 0.2) is 0 Å². The molecule has 1 saturated heterocycles. The summed E-state index contributed by atoms with van der Waals surface area (Å²) in [5.74, 6) is 0.860. The molecule has 1 N–H and O–H groups in total. The van der Waals surface area contributed by atoms with Gasteiger partial charge in [-0.25, -0.2) is 0 Å². The van der Waals surface area contributed by atoms with Crippen LogP contribution < -0.4 is 19.7 Å². The molecule has 0 radical (unpaired) electrons. The zero-order chi connectivity index (χ0) is 20.8. The number of carbonyl (C=O) groups is 2. The molecule has 0 saturated carbocycles. The lowest BCUT2D eigenvalue weighted by molar-refractivity contribution is -0.126. The number of benzene rings is 2. The van der Waals surface area contributed by atoms with Gasteiger partial charge >= 0.3 is 0 Å². The van der Waals surface area contributed by atoms with Crippen LogP contribution in [0.1, 0.15) is 37.8 Å². The van der Waals surface area contributed by atoms with Crippen molar-refractivity contribution >= 4 is 17.5 Å². The van der Waals surface area contributed by atoms with Gasteiger partial charge in [-0.2, -0.15) is 0 Å². The topological polar surface area (TPSA) is 67.9 Å². The van der Waals surface area contributed by atoms with E-state index < -0.39 is 5.92 Å². The summed E-state index contributed by atoms with van der Waals surface area (Å²) >= 11 is 0. The maximum Gasteiger partial charge on any atom is 0.228 e. The zero-order valence-corrected chi connectivity index (χ0v) is 17.2. The fourth-order valence-corrected chi connectivity index (χ4v) is 3.72. The molecule has 0 aliphatic carbocycles. The van der Waals surface area contributed by atoms with Crippen molar-refractivity contribution in [3.05, 3.63) is 54.1 Å². The van der Waals surface area contributed by atoms with Crippen LogP contribution in [0.15, 0.2) is 48.5 Å². The largest absolute Gasteiger partial charge is 0.497 e. The molecule has 0 bridgehead atoms. The molecule has 2 atom stereocenters. The van der Waals surface area contributed by atoms with Crippen LogP contribution in [0.3, 0.4) is 0 Å². The van der Waals surface area contributed by atoms with Gasteiger partial charge in [0.05, 0.1) is 26.2 Å². The maximum atomic E-state index is 13.0. The summed E-state index contributed by atoms with van der Waals surface area (Å²) < 4.78 is 10.5. The molecule has 0 unspecified atom stereocenters. The summed E-state index contributed by atoms with van der Waals surface area (Å²) in [7, 11) is 3.22. The fourth-order valence-electron chi connectivity index (χ4n) is 3.72. The third kappa shape index (κ3) is 4.53. The highest BCUT2D eigenvalue weighted by Gasteiger charge is 2.45. The van der Waals surface area contributed by atoms with Crippen LogP contribution in [0.2, 0.25) is 0 Å². The normalized spacial score (nSPS) is 18.6. The zero-order valence-electron chi connectivity index (χ0n) is 17.2. The Hall–Kier alpha value is -3.02. The van der Waals surface area contributed by atoms with E-state index >= 15 is 0 Å². The summed E-state index contributed by atoms with van der Waals surface area (Å²) in [5.41, 5.74) is 1.66. The average Bonchev–Trinajstić information content (AvgIpc) is 3.11. The minimum absolute atomic E-state index is 0.0633. The van der Waals surface area contributed by atoms with Gasteiger partial charge in [-0.3, -0.25) is 9.59 Å². The van der Waals surface area contributed by atoms with Gasteiger partial charge in [-0.15, -0.1) is 0 Å². The number of unbranched alkanes of at least 4 members (excludes halogenated alkanes) is 1. The van der Waals surface area contributed by atoms with E-state index in [1.807, 2.05) is 48.5 Å². The summed E-state index contributed by atoms with van der Waals surface area (Å²) in [5, 5.41) is 3.00. The lowest BCUT2D eigenvalue weighted by atomic mass is 9.92. The van der Waals surface area contributed by atoms with Crippen molar-refractivity contribution in [1.29, 1.82) is 0 Å². The Morgan fingerprint density at radius 1 is 1.03 bits per heavy atom. The van der Waals surface area contributed by atoms with Crippen LogP contribution in [0.4, 0.5) is 5.69 Å².